The second kappa shape index (κ2) is 6.21. The summed E-state index contributed by atoms with van der Waals surface area (Å²) in [5, 5.41) is 13.0. The van der Waals surface area contributed by atoms with E-state index in [9.17, 15) is 18.3 Å². The highest BCUT2D eigenvalue weighted by atomic mass is 19.4. The third-order valence-corrected chi connectivity index (χ3v) is 3.83. The van der Waals surface area contributed by atoms with Gasteiger partial charge < -0.3 is 15.2 Å². The molecule has 0 saturated carbocycles. The molecule has 0 radical (unpaired) electrons. The van der Waals surface area contributed by atoms with Gasteiger partial charge in [-0.05, 0) is 24.6 Å². The normalized spacial score (nSPS) is 20.0. The lowest BCUT2D eigenvalue weighted by Gasteiger charge is -2.43. The Morgan fingerprint density at radius 1 is 1.19 bits per heavy atom. The van der Waals surface area contributed by atoms with Gasteiger partial charge in [-0.2, -0.15) is 0 Å². The van der Waals surface area contributed by atoms with Crippen molar-refractivity contribution in [3.05, 3.63) is 29.8 Å². The molecule has 1 aliphatic rings. The summed E-state index contributed by atoms with van der Waals surface area (Å²) in [6, 6.07) is 5.69. The average Bonchev–Trinajstić information content (AvgIpc) is 2.46. The smallest absolute Gasteiger partial charge is 0.406 e. The van der Waals surface area contributed by atoms with Crippen LogP contribution in [0.1, 0.15) is 12.5 Å². The zero-order valence-electron chi connectivity index (χ0n) is 11.8. The van der Waals surface area contributed by atoms with Crippen LogP contribution >= 0.6 is 0 Å². The lowest BCUT2D eigenvalue weighted by molar-refractivity contribution is -0.274. The Bertz CT molecular complexity index is 458. The van der Waals surface area contributed by atoms with Gasteiger partial charge in [0.2, 0.25) is 0 Å². The lowest BCUT2D eigenvalue weighted by Crippen LogP contribution is -2.54. The Balaban J connectivity index is 2.18. The summed E-state index contributed by atoms with van der Waals surface area (Å²) >= 11 is 0. The van der Waals surface area contributed by atoms with Crippen LogP contribution in [0, 0.1) is 0 Å². The first-order valence-corrected chi connectivity index (χ1v) is 6.78. The van der Waals surface area contributed by atoms with Crippen molar-refractivity contribution in [2.45, 2.75) is 18.8 Å². The quantitative estimate of drug-likeness (QED) is 0.889. The van der Waals surface area contributed by atoms with Gasteiger partial charge in [0.05, 0.1) is 12.1 Å². The predicted octanol–water partition coefficient (Wildman–Crippen LogP) is 1.70. The van der Waals surface area contributed by atoms with Crippen molar-refractivity contribution in [1.29, 1.82) is 0 Å². The van der Waals surface area contributed by atoms with Crippen molar-refractivity contribution in [2.75, 3.05) is 32.8 Å². The fraction of sp³-hybridized carbons (Fsp3) is 0.571. The van der Waals surface area contributed by atoms with E-state index >= 15 is 0 Å². The zero-order valence-corrected chi connectivity index (χ0v) is 11.8. The summed E-state index contributed by atoms with van der Waals surface area (Å²) in [6.07, 6.45) is -4.69. The van der Waals surface area contributed by atoms with Crippen LogP contribution in [-0.2, 0) is 5.54 Å². The summed E-state index contributed by atoms with van der Waals surface area (Å²) in [5.41, 5.74) is 0.153. The van der Waals surface area contributed by atoms with E-state index in [1.807, 2.05) is 6.92 Å². The molecule has 1 atom stereocenters. The molecule has 1 aromatic rings. The van der Waals surface area contributed by atoms with Crippen molar-refractivity contribution < 1.29 is 23.0 Å². The Hall–Kier alpha value is -1.31. The molecule has 1 fully saturated rings. The highest BCUT2D eigenvalue weighted by molar-refractivity contribution is 5.32. The minimum Gasteiger partial charge on any atom is -0.406 e. The predicted molar refractivity (Wildman–Crippen MR) is 72.0 cm³/mol. The Kier molecular flexibility index (Phi) is 4.75. The van der Waals surface area contributed by atoms with Crippen LogP contribution in [0.3, 0.4) is 0 Å². The van der Waals surface area contributed by atoms with Crippen LogP contribution < -0.4 is 10.1 Å². The molecule has 2 rings (SSSR count). The highest BCUT2D eigenvalue weighted by Crippen LogP contribution is 2.31. The fourth-order valence-corrected chi connectivity index (χ4v) is 2.55. The lowest BCUT2D eigenvalue weighted by atomic mass is 9.90. The number of aliphatic hydroxyl groups excluding tert-OH is 1. The van der Waals surface area contributed by atoms with Crippen LogP contribution in [-0.4, -0.2) is 49.2 Å². The minimum atomic E-state index is -4.69. The van der Waals surface area contributed by atoms with Gasteiger partial charge in [-0.3, -0.25) is 4.90 Å². The molecule has 0 aliphatic carbocycles. The summed E-state index contributed by atoms with van der Waals surface area (Å²) in [6.45, 7) is 4.98. The van der Waals surface area contributed by atoms with Gasteiger partial charge >= 0.3 is 6.36 Å². The van der Waals surface area contributed by atoms with Gasteiger partial charge in [0, 0.05) is 26.2 Å². The van der Waals surface area contributed by atoms with Crippen LogP contribution in [0.4, 0.5) is 13.2 Å². The van der Waals surface area contributed by atoms with Crippen LogP contribution in [0.5, 0.6) is 5.75 Å². The van der Waals surface area contributed by atoms with E-state index < -0.39 is 11.9 Å². The Labute approximate surface area is 121 Å². The van der Waals surface area contributed by atoms with Gasteiger partial charge in [0.1, 0.15) is 5.75 Å². The molecule has 1 aromatic carbocycles. The van der Waals surface area contributed by atoms with E-state index in [1.165, 1.54) is 12.1 Å². The first-order valence-electron chi connectivity index (χ1n) is 6.78. The maximum absolute atomic E-state index is 12.2. The van der Waals surface area contributed by atoms with E-state index in [1.54, 1.807) is 12.1 Å². The first-order chi connectivity index (χ1) is 9.85. The number of piperazine rings is 1. The molecule has 21 heavy (non-hydrogen) atoms. The number of nitrogens with zero attached hydrogens (tertiary/aromatic N) is 1. The summed E-state index contributed by atoms with van der Waals surface area (Å²) < 4.78 is 40.3. The maximum Gasteiger partial charge on any atom is 0.573 e. The molecule has 4 nitrogen and oxygen atoms in total. The van der Waals surface area contributed by atoms with E-state index in [0.29, 0.717) is 0 Å². The van der Waals surface area contributed by atoms with Gasteiger partial charge in [-0.25, -0.2) is 0 Å². The van der Waals surface area contributed by atoms with Crippen molar-refractivity contribution >= 4 is 0 Å². The van der Waals surface area contributed by atoms with Gasteiger partial charge in [0.15, 0.2) is 0 Å². The number of hydrogen-bond acceptors (Lipinski definition) is 4. The summed E-state index contributed by atoms with van der Waals surface area (Å²) in [5.74, 6) is -0.258. The second-order valence-electron chi connectivity index (χ2n) is 5.24. The molecular formula is C14H19F3N2O2. The molecule has 0 aromatic heterocycles. The van der Waals surface area contributed by atoms with Gasteiger partial charge in [-0.15, -0.1) is 13.2 Å². The standard InChI is InChI=1S/C14H19F3N2O2/c1-13(10-20,19-8-6-18-7-9-19)11-2-4-12(5-3-11)21-14(15,16)17/h2-5,18,20H,6-10H2,1H3. The Morgan fingerprint density at radius 2 is 1.76 bits per heavy atom. The molecule has 1 aliphatic heterocycles. The van der Waals surface area contributed by atoms with Crippen LogP contribution in [0.15, 0.2) is 24.3 Å². The molecular weight excluding hydrogens is 285 g/mol. The van der Waals surface area contributed by atoms with Crippen molar-refractivity contribution in [1.82, 2.24) is 10.2 Å². The van der Waals surface area contributed by atoms with Gasteiger partial charge in [-0.1, -0.05) is 12.1 Å². The molecule has 1 saturated heterocycles. The number of hydrogen-bond donors (Lipinski definition) is 2. The van der Waals surface area contributed by atoms with E-state index in [2.05, 4.69) is 15.0 Å². The second-order valence-corrected chi connectivity index (χ2v) is 5.24. The fourth-order valence-electron chi connectivity index (χ4n) is 2.55. The SMILES string of the molecule is CC(CO)(c1ccc(OC(F)(F)F)cc1)N1CCNCC1. The van der Waals surface area contributed by atoms with Crippen molar-refractivity contribution in [3.63, 3.8) is 0 Å². The van der Waals surface area contributed by atoms with E-state index in [0.717, 1.165) is 31.7 Å². The first kappa shape index (κ1) is 16.1. The van der Waals surface area contributed by atoms with E-state index in [4.69, 9.17) is 0 Å². The summed E-state index contributed by atoms with van der Waals surface area (Å²) in [7, 11) is 0. The van der Waals surface area contributed by atoms with Crippen LogP contribution in [0.2, 0.25) is 0 Å². The third kappa shape index (κ3) is 3.87. The Morgan fingerprint density at radius 3 is 2.24 bits per heavy atom. The van der Waals surface area contributed by atoms with Crippen molar-refractivity contribution in [2.24, 2.45) is 0 Å². The highest BCUT2D eigenvalue weighted by Gasteiger charge is 2.35. The number of halogens is 3. The van der Waals surface area contributed by atoms with Crippen molar-refractivity contribution in [3.8, 4) is 5.75 Å². The zero-order chi connectivity index (χ0) is 15.5. The van der Waals surface area contributed by atoms with E-state index in [-0.39, 0.29) is 12.4 Å². The maximum atomic E-state index is 12.2. The molecule has 118 valence electrons. The molecule has 0 amide bonds. The molecule has 1 unspecified atom stereocenters. The topological polar surface area (TPSA) is 44.7 Å². The third-order valence-electron chi connectivity index (χ3n) is 3.83. The molecule has 2 N–H and O–H groups in total. The minimum absolute atomic E-state index is 0.105. The average molecular weight is 304 g/mol. The molecule has 0 spiro atoms. The number of rotatable bonds is 4. The van der Waals surface area contributed by atoms with Crippen LogP contribution in [0.25, 0.3) is 0 Å². The number of benzene rings is 1. The largest absolute Gasteiger partial charge is 0.573 e. The number of aliphatic hydroxyl groups is 1. The molecule has 7 heteroatoms. The van der Waals surface area contributed by atoms with Gasteiger partial charge in [0.25, 0.3) is 0 Å². The number of nitrogens with one attached hydrogen (secondary N) is 1. The summed E-state index contributed by atoms with van der Waals surface area (Å²) in [4.78, 5) is 2.13. The number of alkyl halides is 3. The number of ether oxygens (including phenoxy) is 1. The molecule has 0 bridgehead atoms. The monoisotopic (exact) mass is 304 g/mol. The molecule has 1 heterocycles.